The highest BCUT2D eigenvalue weighted by atomic mass is 79.9. The summed E-state index contributed by atoms with van der Waals surface area (Å²) in [6, 6.07) is 8.37. The number of thiophene rings is 1. The fraction of sp³-hybridized carbons (Fsp3) is 0.353. The minimum absolute atomic E-state index is 0.0978. The van der Waals surface area contributed by atoms with Crippen molar-refractivity contribution in [3.05, 3.63) is 54.8 Å². The van der Waals surface area contributed by atoms with Crippen molar-refractivity contribution in [2.24, 2.45) is 0 Å². The number of rotatable bonds is 4. The van der Waals surface area contributed by atoms with Crippen LogP contribution < -0.4 is 5.32 Å². The molecule has 2 heterocycles. The SMILES string of the molecule is O=C(NCC1(c2ccc(F)cc2)CCOCC1)c1cc(Br)c(Br)s1. The fourth-order valence-corrected chi connectivity index (χ4v) is 4.88. The van der Waals surface area contributed by atoms with Crippen molar-refractivity contribution in [1.82, 2.24) is 5.32 Å². The van der Waals surface area contributed by atoms with Gasteiger partial charge in [-0.05, 0) is 68.5 Å². The van der Waals surface area contributed by atoms with Crippen LogP contribution in [0, 0.1) is 5.82 Å². The molecule has 0 unspecified atom stereocenters. The largest absolute Gasteiger partial charge is 0.381 e. The summed E-state index contributed by atoms with van der Waals surface area (Å²) in [6.45, 7) is 1.79. The monoisotopic (exact) mass is 475 g/mol. The van der Waals surface area contributed by atoms with Crippen molar-refractivity contribution < 1.29 is 13.9 Å². The molecule has 0 saturated carbocycles. The molecule has 3 nitrogen and oxygen atoms in total. The Hall–Kier alpha value is -0.760. The van der Waals surface area contributed by atoms with Crippen molar-refractivity contribution in [3.63, 3.8) is 0 Å². The van der Waals surface area contributed by atoms with Crippen molar-refractivity contribution >= 4 is 49.1 Å². The van der Waals surface area contributed by atoms with E-state index in [1.54, 1.807) is 6.07 Å². The Kier molecular flexibility index (Phi) is 5.74. The molecule has 1 fully saturated rings. The lowest BCUT2D eigenvalue weighted by atomic mass is 9.74. The van der Waals surface area contributed by atoms with Crippen LogP contribution in [-0.2, 0) is 10.2 Å². The van der Waals surface area contributed by atoms with E-state index in [1.807, 2.05) is 12.1 Å². The Morgan fingerprint density at radius 1 is 1.25 bits per heavy atom. The van der Waals surface area contributed by atoms with Gasteiger partial charge in [0.15, 0.2) is 0 Å². The molecule has 1 aliphatic rings. The van der Waals surface area contributed by atoms with Crippen LogP contribution in [0.5, 0.6) is 0 Å². The summed E-state index contributed by atoms with van der Waals surface area (Å²) in [6.07, 6.45) is 1.60. The zero-order valence-corrected chi connectivity index (χ0v) is 16.8. The number of carbonyl (C=O) groups excluding carboxylic acids is 1. The van der Waals surface area contributed by atoms with Gasteiger partial charge in [0, 0.05) is 29.6 Å². The normalized spacial score (nSPS) is 16.8. The Morgan fingerprint density at radius 2 is 1.92 bits per heavy atom. The topological polar surface area (TPSA) is 38.3 Å². The number of hydrogen-bond donors (Lipinski definition) is 1. The Morgan fingerprint density at radius 3 is 2.50 bits per heavy atom. The molecule has 7 heteroatoms. The van der Waals surface area contributed by atoms with Crippen LogP contribution in [0.1, 0.15) is 28.1 Å². The number of amides is 1. The summed E-state index contributed by atoms with van der Waals surface area (Å²) in [4.78, 5) is 13.1. The van der Waals surface area contributed by atoms with Gasteiger partial charge >= 0.3 is 0 Å². The predicted octanol–water partition coefficient (Wildman–Crippen LogP) is 4.89. The second kappa shape index (κ2) is 7.64. The maximum Gasteiger partial charge on any atom is 0.261 e. The molecular formula is C17H16Br2FNO2S. The Labute approximate surface area is 160 Å². The third kappa shape index (κ3) is 3.90. The van der Waals surface area contributed by atoms with Crippen LogP contribution in [-0.4, -0.2) is 25.7 Å². The summed E-state index contributed by atoms with van der Waals surface area (Å²) < 4.78 is 20.5. The molecule has 24 heavy (non-hydrogen) atoms. The molecule has 1 aromatic carbocycles. The highest BCUT2D eigenvalue weighted by Crippen LogP contribution is 2.35. The highest BCUT2D eigenvalue weighted by molar-refractivity contribution is 9.13. The molecule has 0 bridgehead atoms. The Bertz CT molecular complexity index is 707. The van der Waals surface area contributed by atoms with E-state index in [2.05, 4.69) is 37.2 Å². The minimum atomic E-state index is -0.252. The van der Waals surface area contributed by atoms with Crippen LogP contribution in [0.2, 0.25) is 0 Å². The summed E-state index contributed by atoms with van der Waals surface area (Å²) >= 11 is 8.19. The van der Waals surface area contributed by atoms with Crippen molar-refractivity contribution in [2.75, 3.05) is 19.8 Å². The first-order valence-electron chi connectivity index (χ1n) is 7.57. The van der Waals surface area contributed by atoms with E-state index < -0.39 is 0 Å². The van der Waals surface area contributed by atoms with Gasteiger partial charge in [-0.25, -0.2) is 4.39 Å². The molecular weight excluding hydrogens is 461 g/mol. The third-order valence-corrected chi connectivity index (χ3v) is 7.62. The van der Waals surface area contributed by atoms with Gasteiger partial charge in [0.2, 0.25) is 0 Å². The minimum Gasteiger partial charge on any atom is -0.381 e. The zero-order valence-electron chi connectivity index (χ0n) is 12.8. The molecule has 1 amide bonds. The van der Waals surface area contributed by atoms with Crippen molar-refractivity contribution in [1.29, 1.82) is 0 Å². The summed E-state index contributed by atoms with van der Waals surface area (Å²) in [5.74, 6) is -0.349. The van der Waals surface area contributed by atoms with E-state index in [-0.39, 0.29) is 17.1 Å². The maximum atomic E-state index is 13.3. The molecule has 1 aliphatic heterocycles. The summed E-state index contributed by atoms with van der Waals surface area (Å²) in [5.41, 5.74) is 0.828. The van der Waals surface area contributed by atoms with Gasteiger partial charge in [-0.3, -0.25) is 4.79 Å². The lowest BCUT2D eigenvalue weighted by Gasteiger charge is -2.38. The van der Waals surface area contributed by atoms with E-state index in [9.17, 15) is 9.18 Å². The smallest absolute Gasteiger partial charge is 0.261 e. The van der Waals surface area contributed by atoms with Crippen LogP contribution in [0.25, 0.3) is 0 Å². The van der Waals surface area contributed by atoms with Gasteiger partial charge in [-0.1, -0.05) is 12.1 Å². The van der Waals surface area contributed by atoms with E-state index in [0.717, 1.165) is 26.7 Å². The molecule has 128 valence electrons. The molecule has 0 radical (unpaired) electrons. The molecule has 1 aromatic heterocycles. The number of benzene rings is 1. The molecule has 0 aliphatic carbocycles. The van der Waals surface area contributed by atoms with Gasteiger partial charge in [0.1, 0.15) is 5.82 Å². The van der Waals surface area contributed by atoms with Gasteiger partial charge < -0.3 is 10.1 Å². The number of carbonyl (C=O) groups is 1. The van der Waals surface area contributed by atoms with E-state index >= 15 is 0 Å². The molecule has 3 rings (SSSR count). The summed E-state index contributed by atoms with van der Waals surface area (Å²) in [7, 11) is 0. The van der Waals surface area contributed by atoms with Crippen LogP contribution >= 0.6 is 43.2 Å². The molecule has 1 saturated heterocycles. The Balaban J connectivity index is 1.77. The fourth-order valence-electron chi connectivity index (χ4n) is 2.93. The molecule has 1 N–H and O–H groups in total. The lowest BCUT2D eigenvalue weighted by Crippen LogP contribution is -2.44. The van der Waals surface area contributed by atoms with Gasteiger partial charge in [0.25, 0.3) is 5.91 Å². The lowest BCUT2D eigenvalue weighted by molar-refractivity contribution is 0.0487. The summed E-state index contributed by atoms with van der Waals surface area (Å²) in [5, 5.41) is 3.04. The highest BCUT2D eigenvalue weighted by Gasteiger charge is 2.35. The van der Waals surface area contributed by atoms with Crippen LogP contribution in [0.3, 0.4) is 0 Å². The van der Waals surface area contributed by atoms with Crippen molar-refractivity contribution in [3.8, 4) is 0 Å². The number of hydrogen-bond acceptors (Lipinski definition) is 3. The first-order valence-corrected chi connectivity index (χ1v) is 9.97. The first kappa shape index (κ1) is 18.0. The van der Waals surface area contributed by atoms with Gasteiger partial charge in [0.05, 0.1) is 8.66 Å². The van der Waals surface area contributed by atoms with Gasteiger partial charge in [-0.2, -0.15) is 0 Å². The number of nitrogens with one attached hydrogen (secondary N) is 1. The second-order valence-corrected chi connectivity index (χ2v) is 9.04. The van der Waals surface area contributed by atoms with E-state index in [4.69, 9.17) is 4.74 Å². The molecule has 0 spiro atoms. The third-order valence-electron chi connectivity index (χ3n) is 4.36. The predicted molar refractivity (Wildman–Crippen MR) is 100 cm³/mol. The average Bonchev–Trinajstić information content (AvgIpc) is 2.93. The molecule has 0 atom stereocenters. The number of halogens is 3. The van der Waals surface area contributed by atoms with Gasteiger partial charge in [-0.15, -0.1) is 11.3 Å². The van der Waals surface area contributed by atoms with E-state index in [1.165, 1.54) is 23.5 Å². The number of ether oxygens (including phenoxy) is 1. The average molecular weight is 477 g/mol. The quantitative estimate of drug-likeness (QED) is 0.682. The van der Waals surface area contributed by atoms with Crippen LogP contribution in [0.4, 0.5) is 4.39 Å². The first-order chi connectivity index (χ1) is 11.5. The zero-order chi connectivity index (χ0) is 17.2. The van der Waals surface area contributed by atoms with Crippen LogP contribution in [0.15, 0.2) is 38.6 Å². The van der Waals surface area contributed by atoms with Crippen molar-refractivity contribution in [2.45, 2.75) is 18.3 Å². The molecule has 2 aromatic rings. The second-order valence-electron chi connectivity index (χ2n) is 5.81. The maximum absolute atomic E-state index is 13.3. The standard InChI is InChI=1S/C17H16Br2FNO2S/c18-13-9-14(24-15(13)19)16(22)21-10-17(5-7-23-8-6-17)11-1-3-12(20)4-2-11/h1-4,9H,5-8,10H2,(H,21,22). The van der Waals surface area contributed by atoms with E-state index in [0.29, 0.717) is 24.6 Å².